The zero-order chi connectivity index (χ0) is 29.3. The van der Waals surface area contributed by atoms with Crippen LogP contribution in [0.25, 0.3) is 22.5 Å². The third-order valence-electron chi connectivity index (χ3n) is 7.66. The van der Waals surface area contributed by atoms with Crippen LogP contribution >= 0.6 is 0 Å². The van der Waals surface area contributed by atoms with Crippen molar-refractivity contribution in [2.24, 2.45) is 0 Å². The Balaban J connectivity index is 0.00000387. The van der Waals surface area contributed by atoms with Crippen LogP contribution in [0.4, 0.5) is 28.9 Å². The fraction of sp³-hybridized carbons (Fsp3) is 0.312. The first kappa shape index (κ1) is 30.7. The molecule has 2 aromatic heterocycles. The normalized spacial score (nSPS) is 14.5. The standard InChI is InChI=1S/C32H30F4N4.Pt/c1-31(2)21-13-19(23(33)15-25(21)35)28-10-18(40(7)8)12-30(38-28)32(3,4)22-14-20(24(34)16-26(22)36)27-9-17(39(5)6)11-29(31)37-27;/h9-12,15-16H,1-8H3;/q-2;+2. The zero-order valence-corrected chi connectivity index (χ0v) is 26.4. The van der Waals surface area contributed by atoms with Gasteiger partial charge in [-0.15, -0.1) is 12.1 Å². The topological polar surface area (TPSA) is 32.3 Å². The molecule has 5 rings (SSSR count). The first-order valence-electron chi connectivity index (χ1n) is 12.9. The molecule has 0 aliphatic carbocycles. The van der Waals surface area contributed by atoms with Crippen molar-refractivity contribution in [1.82, 2.24) is 9.97 Å². The smallest absolute Gasteiger partial charge is 0.378 e. The van der Waals surface area contributed by atoms with Gasteiger partial charge >= 0.3 is 21.1 Å². The molecular formula is C32H30F4N4Pt. The Hall–Kier alpha value is -3.25. The van der Waals surface area contributed by atoms with Crippen LogP contribution in [-0.4, -0.2) is 38.2 Å². The molecule has 0 fully saturated rings. The van der Waals surface area contributed by atoms with E-state index in [0.29, 0.717) is 22.8 Å². The Labute approximate surface area is 252 Å². The second-order valence-electron chi connectivity index (χ2n) is 11.7. The summed E-state index contributed by atoms with van der Waals surface area (Å²) in [6, 6.07) is 14.5. The van der Waals surface area contributed by atoms with Crippen LogP contribution in [0.15, 0.2) is 36.4 Å². The summed E-state index contributed by atoms with van der Waals surface area (Å²) in [5.41, 5.74) is 0.418. The molecular weight excluding hydrogens is 711 g/mol. The van der Waals surface area contributed by atoms with Gasteiger partial charge in [-0.05, 0) is 23.5 Å². The molecule has 0 unspecified atom stereocenters. The summed E-state index contributed by atoms with van der Waals surface area (Å²) in [6.45, 7) is 6.98. The van der Waals surface area contributed by atoms with Crippen molar-refractivity contribution < 1.29 is 38.6 Å². The zero-order valence-electron chi connectivity index (χ0n) is 24.1. The molecule has 8 bridgehead atoms. The van der Waals surface area contributed by atoms with Crippen molar-refractivity contribution in [1.29, 1.82) is 0 Å². The second-order valence-corrected chi connectivity index (χ2v) is 11.7. The molecule has 41 heavy (non-hydrogen) atoms. The number of halogens is 4. The summed E-state index contributed by atoms with van der Waals surface area (Å²) in [7, 11) is 7.26. The van der Waals surface area contributed by atoms with Crippen molar-refractivity contribution in [2.75, 3.05) is 38.0 Å². The molecule has 1 aliphatic heterocycles. The average molecular weight is 742 g/mol. The quantitative estimate of drug-likeness (QED) is 0.163. The minimum Gasteiger partial charge on any atom is -0.378 e. The predicted molar refractivity (Wildman–Crippen MR) is 150 cm³/mol. The number of hydrogen-bond donors (Lipinski definition) is 0. The molecule has 0 amide bonds. The van der Waals surface area contributed by atoms with Crippen LogP contribution in [0.2, 0.25) is 0 Å². The fourth-order valence-corrected chi connectivity index (χ4v) is 4.98. The molecule has 0 N–H and O–H groups in total. The van der Waals surface area contributed by atoms with Gasteiger partial charge in [0, 0.05) is 85.1 Å². The molecule has 0 spiro atoms. The minimum atomic E-state index is -1.13. The van der Waals surface area contributed by atoms with Crippen LogP contribution < -0.4 is 9.80 Å². The van der Waals surface area contributed by atoms with Crippen LogP contribution in [0.1, 0.15) is 50.2 Å². The van der Waals surface area contributed by atoms with Crippen molar-refractivity contribution in [3.05, 3.63) is 94.3 Å². The van der Waals surface area contributed by atoms with Gasteiger partial charge in [-0.1, -0.05) is 74.2 Å². The Morgan fingerprint density at radius 3 is 1.22 bits per heavy atom. The van der Waals surface area contributed by atoms with Gasteiger partial charge in [0.2, 0.25) is 0 Å². The van der Waals surface area contributed by atoms with Crippen molar-refractivity contribution in [3.8, 4) is 22.5 Å². The van der Waals surface area contributed by atoms with E-state index in [-0.39, 0.29) is 54.7 Å². The van der Waals surface area contributed by atoms with E-state index < -0.39 is 34.1 Å². The van der Waals surface area contributed by atoms with E-state index in [4.69, 9.17) is 9.97 Å². The van der Waals surface area contributed by atoms with Crippen molar-refractivity contribution in [2.45, 2.75) is 38.5 Å². The number of benzene rings is 2. The van der Waals surface area contributed by atoms with Crippen molar-refractivity contribution in [3.63, 3.8) is 0 Å². The second kappa shape index (κ2) is 10.5. The van der Waals surface area contributed by atoms with E-state index >= 15 is 17.6 Å². The molecule has 0 saturated carbocycles. The van der Waals surface area contributed by atoms with Gasteiger partial charge < -0.3 is 19.8 Å². The molecule has 0 saturated heterocycles. The maximum atomic E-state index is 15.5. The third kappa shape index (κ3) is 5.16. The van der Waals surface area contributed by atoms with Gasteiger partial charge in [0.25, 0.3) is 0 Å². The third-order valence-corrected chi connectivity index (χ3v) is 7.66. The molecule has 0 radical (unpaired) electrons. The van der Waals surface area contributed by atoms with Crippen LogP contribution in [0.5, 0.6) is 0 Å². The minimum absolute atomic E-state index is 0. The fourth-order valence-electron chi connectivity index (χ4n) is 4.98. The Morgan fingerprint density at radius 1 is 0.561 bits per heavy atom. The summed E-state index contributed by atoms with van der Waals surface area (Å²) in [5.74, 6) is -3.23. The van der Waals surface area contributed by atoms with Crippen LogP contribution in [0.3, 0.4) is 0 Å². The molecule has 2 aromatic carbocycles. The van der Waals surface area contributed by atoms with E-state index in [2.05, 4.69) is 12.1 Å². The maximum absolute atomic E-state index is 15.5. The summed E-state index contributed by atoms with van der Waals surface area (Å²) in [5, 5.41) is 0. The number of hydrogen-bond acceptors (Lipinski definition) is 4. The van der Waals surface area contributed by atoms with Gasteiger partial charge in [0.05, 0.1) is 0 Å². The molecule has 0 atom stereocenters. The van der Waals surface area contributed by atoms with Gasteiger partial charge in [-0.3, -0.25) is 17.6 Å². The monoisotopic (exact) mass is 741 g/mol. The number of anilines is 2. The van der Waals surface area contributed by atoms with Crippen molar-refractivity contribution >= 4 is 11.4 Å². The summed E-state index contributed by atoms with van der Waals surface area (Å²) in [6.07, 6.45) is 0. The molecule has 3 heterocycles. The van der Waals surface area contributed by atoms with Gasteiger partial charge in [0.15, 0.2) is 0 Å². The Morgan fingerprint density at radius 2 is 0.902 bits per heavy atom. The van der Waals surface area contributed by atoms with Gasteiger partial charge in [0.1, 0.15) is 0 Å². The average Bonchev–Trinajstić information content (AvgIpc) is 2.87. The predicted octanol–water partition coefficient (Wildman–Crippen LogP) is 7.06. The molecule has 4 nitrogen and oxygen atoms in total. The van der Waals surface area contributed by atoms with E-state index in [1.807, 2.05) is 38.0 Å². The number of aromatic nitrogens is 2. The number of fused-ring (bicyclic) bond motifs is 10. The Kier molecular flexibility index (Phi) is 7.89. The first-order valence-corrected chi connectivity index (χ1v) is 12.9. The Bertz CT molecular complexity index is 1540. The van der Waals surface area contributed by atoms with Crippen LogP contribution in [-0.2, 0) is 31.9 Å². The summed E-state index contributed by atoms with van der Waals surface area (Å²) < 4.78 is 61.8. The number of pyridine rings is 2. The van der Waals surface area contributed by atoms with E-state index in [1.54, 1.807) is 52.0 Å². The molecule has 1 aliphatic rings. The summed E-state index contributed by atoms with van der Waals surface area (Å²) in [4.78, 5) is 13.1. The van der Waals surface area contributed by atoms with E-state index in [0.717, 1.165) is 12.1 Å². The van der Waals surface area contributed by atoms with E-state index in [9.17, 15) is 0 Å². The SMILES string of the molecule is CN(C)c1cc2nc(c1)C(C)(C)c1[c-]c(c(F)cc1F)-c1cc(N(C)C)cc(n1)C(C)(C)c1[c-]c-2c(F)cc1F.[Pt+2]. The number of rotatable bonds is 2. The number of nitrogens with zero attached hydrogens (tertiary/aromatic N) is 4. The maximum Gasteiger partial charge on any atom is 2.00 e. The molecule has 9 heteroatoms. The molecule has 216 valence electrons. The molecule has 4 aromatic rings. The van der Waals surface area contributed by atoms with Crippen LogP contribution in [0, 0.1) is 35.4 Å². The van der Waals surface area contributed by atoms with E-state index in [1.165, 1.54) is 0 Å². The van der Waals surface area contributed by atoms with Gasteiger partial charge in [-0.25, -0.2) is 0 Å². The van der Waals surface area contributed by atoms with Gasteiger partial charge in [-0.2, -0.15) is 0 Å². The first-order chi connectivity index (χ1) is 18.6. The largest absolute Gasteiger partial charge is 2.00 e. The summed E-state index contributed by atoms with van der Waals surface area (Å²) >= 11 is 0.